The van der Waals surface area contributed by atoms with Gasteiger partial charge in [-0.2, -0.15) is 4.68 Å². The van der Waals surface area contributed by atoms with Crippen LogP contribution < -0.4 is 0 Å². The van der Waals surface area contributed by atoms with Gasteiger partial charge in [-0.3, -0.25) is 9.78 Å². The van der Waals surface area contributed by atoms with Gasteiger partial charge in [0.2, 0.25) is 5.82 Å². The molecule has 27 heavy (non-hydrogen) atoms. The van der Waals surface area contributed by atoms with Crippen LogP contribution in [0.1, 0.15) is 57.0 Å². The van der Waals surface area contributed by atoms with Crippen molar-refractivity contribution >= 4 is 14.2 Å². The van der Waals surface area contributed by atoms with Crippen molar-refractivity contribution in [3.05, 3.63) is 30.2 Å². The van der Waals surface area contributed by atoms with E-state index in [9.17, 15) is 4.79 Å². The summed E-state index contributed by atoms with van der Waals surface area (Å²) >= 11 is 0. The van der Waals surface area contributed by atoms with Gasteiger partial charge >= 0.3 is 0 Å². The summed E-state index contributed by atoms with van der Waals surface area (Å²) in [4.78, 5) is 26.8. The van der Waals surface area contributed by atoms with E-state index in [1.165, 1.54) is 11.0 Å². The lowest BCUT2D eigenvalue weighted by molar-refractivity contribution is 0.0790. The Morgan fingerprint density at radius 3 is 2.48 bits per heavy atom. The highest BCUT2D eigenvalue weighted by Gasteiger charge is 2.39. The lowest BCUT2D eigenvalue weighted by atomic mass is 10.2. The number of hydrogen-bond donors (Lipinski definition) is 0. The molecule has 2 aromatic heterocycles. The molecule has 1 atom stereocenters. The van der Waals surface area contributed by atoms with Gasteiger partial charge < -0.3 is 9.33 Å². The van der Waals surface area contributed by atoms with Crippen LogP contribution in [0.3, 0.4) is 0 Å². The summed E-state index contributed by atoms with van der Waals surface area (Å²) in [6, 6.07) is 0. The van der Waals surface area contributed by atoms with Crippen molar-refractivity contribution in [1.29, 1.82) is 0 Å². The first kappa shape index (κ1) is 21.2. The third-order valence-corrected chi connectivity index (χ3v) is 9.65. The molecule has 0 saturated carbocycles. The summed E-state index contributed by atoms with van der Waals surface area (Å²) in [6.45, 7) is 15.5. The van der Waals surface area contributed by atoms with Gasteiger partial charge in [-0.25, -0.2) is 9.97 Å². The van der Waals surface area contributed by atoms with Crippen LogP contribution >= 0.6 is 0 Å². The molecule has 148 valence electrons. The van der Waals surface area contributed by atoms with Gasteiger partial charge in [0, 0.05) is 26.0 Å². The molecule has 0 fully saturated rings. The molecule has 0 aliphatic rings. The third kappa shape index (κ3) is 4.59. The molecular weight excluding hydrogens is 360 g/mol. The Labute approximate surface area is 162 Å². The van der Waals surface area contributed by atoms with Crippen LogP contribution in [-0.2, 0) is 4.43 Å². The van der Waals surface area contributed by atoms with Crippen molar-refractivity contribution in [3.8, 4) is 5.82 Å². The van der Waals surface area contributed by atoms with Crippen LogP contribution in [0.2, 0.25) is 18.1 Å². The van der Waals surface area contributed by atoms with E-state index in [0.29, 0.717) is 18.1 Å². The minimum Gasteiger partial charge on any atom is -0.408 e. The Hall–Kier alpha value is -2.13. The minimum absolute atomic E-state index is 0.0845. The predicted octanol–water partition coefficient (Wildman–Crippen LogP) is 3.23. The van der Waals surface area contributed by atoms with Gasteiger partial charge in [-0.05, 0) is 32.0 Å². The number of carbonyl (C=O) groups excluding carboxylic acids is 1. The molecule has 0 spiro atoms. The fourth-order valence-corrected chi connectivity index (χ4v) is 3.61. The number of rotatable bonds is 6. The summed E-state index contributed by atoms with van der Waals surface area (Å²) in [6.07, 6.45) is 4.47. The van der Waals surface area contributed by atoms with Crippen LogP contribution in [0.4, 0.5) is 0 Å². The van der Waals surface area contributed by atoms with Crippen LogP contribution in [0.5, 0.6) is 0 Å². The van der Waals surface area contributed by atoms with Gasteiger partial charge in [0.15, 0.2) is 14.1 Å². The molecule has 0 N–H and O–H groups in total. The highest BCUT2D eigenvalue weighted by atomic mass is 28.4. The zero-order valence-corrected chi connectivity index (χ0v) is 18.5. The molecule has 2 aromatic rings. The zero-order valence-electron chi connectivity index (χ0n) is 17.5. The fraction of sp³-hybridized carbons (Fsp3) is 0.611. The van der Waals surface area contributed by atoms with E-state index in [4.69, 9.17) is 4.43 Å². The lowest BCUT2D eigenvalue weighted by Gasteiger charge is -2.38. The van der Waals surface area contributed by atoms with Crippen molar-refractivity contribution in [1.82, 2.24) is 29.6 Å². The Balaban J connectivity index is 2.34. The van der Waals surface area contributed by atoms with E-state index in [0.717, 1.165) is 0 Å². The van der Waals surface area contributed by atoms with Gasteiger partial charge in [-0.15, -0.1) is 5.10 Å². The van der Waals surface area contributed by atoms with Gasteiger partial charge in [0.05, 0.1) is 6.10 Å². The molecule has 0 unspecified atom stereocenters. The number of hydrogen-bond acceptors (Lipinski definition) is 6. The molecule has 0 radical (unpaired) electrons. The number of carbonyl (C=O) groups is 1. The van der Waals surface area contributed by atoms with E-state index < -0.39 is 8.32 Å². The molecule has 9 heteroatoms. The van der Waals surface area contributed by atoms with E-state index >= 15 is 0 Å². The smallest absolute Gasteiger partial charge is 0.293 e. The SMILES string of the molecule is CCN(C)C(=O)c1ncn(-c2nccnc2[C@@H](C)O[Si](C)(C)C(C)(C)C)n1. The average Bonchev–Trinajstić information content (AvgIpc) is 3.08. The van der Waals surface area contributed by atoms with Crippen molar-refractivity contribution in [3.63, 3.8) is 0 Å². The van der Waals surface area contributed by atoms with Crippen molar-refractivity contribution in [2.24, 2.45) is 0 Å². The van der Waals surface area contributed by atoms with Gasteiger partial charge in [0.25, 0.3) is 5.91 Å². The fourth-order valence-electron chi connectivity index (χ4n) is 2.26. The van der Waals surface area contributed by atoms with Crippen LogP contribution in [0.25, 0.3) is 5.82 Å². The highest BCUT2D eigenvalue weighted by Crippen LogP contribution is 2.39. The quantitative estimate of drug-likeness (QED) is 0.704. The number of amides is 1. The zero-order chi connectivity index (χ0) is 20.4. The summed E-state index contributed by atoms with van der Waals surface area (Å²) < 4.78 is 7.95. The van der Waals surface area contributed by atoms with E-state index in [-0.39, 0.29) is 22.9 Å². The number of nitrogens with zero attached hydrogens (tertiary/aromatic N) is 6. The normalized spacial score (nSPS) is 13.5. The van der Waals surface area contributed by atoms with E-state index in [2.05, 4.69) is 53.9 Å². The molecule has 2 rings (SSSR count). The van der Waals surface area contributed by atoms with Crippen molar-refractivity contribution in [2.75, 3.05) is 13.6 Å². The monoisotopic (exact) mass is 390 g/mol. The second-order valence-electron chi connectivity index (χ2n) is 8.12. The first-order valence-corrected chi connectivity index (χ1v) is 12.0. The average molecular weight is 391 g/mol. The molecular formula is C18H30N6O2Si. The Morgan fingerprint density at radius 2 is 1.89 bits per heavy atom. The number of aromatic nitrogens is 5. The summed E-state index contributed by atoms with van der Waals surface area (Å²) in [7, 11) is -0.267. The maximum absolute atomic E-state index is 12.3. The van der Waals surface area contributed by atoms with Crippen molar-refractivity contribution in [2.45, 2.75) is 58.9 Å². The topological polar surface area (TPSA) is 86.0 Å². The molecule has 0 aliphatic carbocycles. The largest absolute Gasteiger partial charge is 0.408 e. The lowest BCUT2D eigenvalue weighted by Crippen LogP contribution is -2.41. The van der Waals surface area contributed by atoms with Crippen LogP contribution in [-0.4, -0.2) is 57.4 Å². The molecule has 8 nitrogen and oxygen atoms in total. The molecule has 0 aromatic carbocycles. The Bertz CT molecular complexity index is 799. The molecule has 0 saturated heterocycles. The third-order valence-electron chi connectivity index (χ3n) is 5.09. The molecule has 0 bridgehead atoms. The Kier molecular flexibility index (Phi) is 6.16. The molecule has 1 amide bonds. The standard InChI is InChI=1S/C18H30N6O2Si/c1-9-23(6)17(25)15-21-12-24(22-15)16-14(19-10-11-20-16)13(2)26-27(7,8)18(3,4)5/h10-13H,9H2,1-8H3/t13-/m1/s1. The predicted molar refractivity (Wildman–Crippen MR) is 106 cm³/mol. The minimum atomic E-state index is -1.98. The molecule has 0 aliphatic heterocycles. The van der Waals surface area contributed by atoms with Crippen molar-refractivity contribution < 1.29 is 9.22 Å². The highest BCUT2D eigenvalue weighted by molar-refractivity contribution is 6.74. The molecule has 2 heterocycles. The van der Waals surface area contributed by atoms with Gasteiger partial charge in [0.1, 0.15) is 12.0 Å². The Morgan fingerprint density at radius 1 is 1.26 bits per heavy atom. The second-order valence-corrected chi connectivity index (χ2v) is 12.9. The summed E-state index contributed by atoms with van der Waals surface area (Å²) in [5.41, 5.74) is 0.676. The van der Waals surface area contributed by atoms with Crippen LogP contribution in [0.15, 0.2) is 18.7 Å². The maximum Gasteiger partial charge on any atom is 0.293 e. The van der Waals surface area contributed by atoms with Gasteiger partial charge in [-0.1, -0.05) is 20.8 Å². The van der Waals surface area contributed by atoms with E-state index in [1.807, 2.05) is 13.8 Å². The second kappa shape index (κ2) is 7.85. The van der Waals surface area contributed by atoms with Crippen LogP contribution in [0, 0.1) is 0 Å². The van der Waals surface area contributed by atoms with E-state index in [1.54, 1.807) is 24.3 Å². The summed E-state index contributed by atoms with van der Waals surface area (Å²) in [5, 5.41) is 4.39. The maximum atomic E-state index is 12.3. The first-order valence-electron chi connectivity index (χ1n) is 9.14. The first-order chi connectivity index (χ1) is 12.5. The summed E-state index contributed by atoms with van der Waals surface area (Å²) in [5.74, 6) is 0.426.